The van der Waals surface area contributed by atoms with Crippen LogP contribution in [0.2, 0.25) is 0 Å². The summed E-state index contributed by atoms with van der Waals surface area (Å²) >= 11 is 0. The average molecular weight is 456 g/mol. The molecule has 1 atom stereocenters. The van der Waals surface area contributed by atoms with Crippen LogP contribution in [0.25, 0.3) is 0 Å². The number of halogens is 2. The van der Waals surface area contributed by atoms with E-state index < -0.39 is 23.9 Å². The van der Waals surface area contributed by atoms with Crippen molar-refractivity contribution in [3.8, 4) is 0 Å². The third kappa shape index (κ3) is 5.31. The summed E-state index contributed by atoms with van der Waals surface area (Å²) in [5.74, 6) is -1.20. The second-order valence-corrected chi connectivity index (χ2v) is 7.94. The summed E-state index contributed by atoms with van der Waals surface area (Å²) in [4.78, 5) is 29.6. The number of hydrogen-bond acceptors (Lipinski definition) is 5. The molecule has 0 bridgehead atoms. The molecule has 2 aromatic carbocycles. The first-order valence-corrected chi connectivity index (χ1v) is 10.9. The van der Waals surface area contributed by atoms with Gasteiger partial charge in [-0.2, -0.15) is 0 Å². The zero-order chi connectivity index (χ0) is 23.4. The van der Waals surface area contributed by atoms with E-state index in [-0.39, 0.29) is 12.4 Å². The molecule has 0 radical (unpaired) electrons. The number of nitrogens with one attached hydrogen (secondary N) is 2. The molecule has 4 rings (SSSR count). The molecule has 2 heterocycles. The summed E-state index contributed by atoms with van der Waals surface area (Å²) in [6.07, 6.45) is 0. The number of urea groups is 1. The number of piperazine rings is 1. The summed E-state index contributed by atoms with van der Waals surface area (Å²) in [7, 11) is 0. The van der Waals surface area contributed by atoms with Crippen LogP contribution in [-0.4, -0.2) is 56.2 Å². The average Bonchev–Trinajstić information content (AvgIpc) is 2.80. The van der Waals surface area contributed by atoms with E-state index in [0.29, 0.717) is 36.5 Å². The van der Waals surface area contributed by atoms with Gasteiger partial charge in [-0.25, -0.2) is 18.4 Å². The van der Waals surface area contributed by atoms with E-state index in [1.807, 2.05) is 0 Å². The minimum atomic E-state index is -0.742. The third-order valence-electron chi connectivity index (χ3n) is 5.80. The molecule has 0 spiro atoms. The van der Waals surface area contributed by atoms with Gasteiger partial charge in [-0.15, -0.1) is 0 Å². The molecule has 7 nitrogen and oxygen atoms in total. The molecular weight excluding hydrogens is 430 g/mol. The second kappa shape index (κ2) is 9.99. The van der Waals surface area contributed by atoms with Gasteiger partial charge in [0.25, 0.3) is 0 Å². The summed E-state index contributed by atoms with van der Waals surface area (Å²) in [6.45, 7) is 5.10. The molecular formula is C24H26F2N4O3. The predicted octanol–water partition coefficient (Wildman–Crippen LogP) is 2.96. The highest BCUT2D eigenvalue weighted by Gasteiger charge is 2.34. The van der Waals surface area contributed by atoms with Crippen molar-refractivity contribution in [1.82, 2.24) is 15.5 Å². The molecule has 2 aliphatic heterocycles. The SMILES string of the molecule is CCOC(=O)C1=C(CN2CCN(c3ccc(F)cc3)CC2)NC(=O)NC1c1ccc(F)cc1. The van der Waals surface area contributed by atoms with Gasteiger partial charge < -0.3 is 20.3 Å². The van der Waals surface area contributed by atoms with Gasteiger partial charge >= 0.3 is 12.0 Å². The maximum atomic E-state index is 13.4. The third-order valence-corrected chi connectivity index (χ3v) is 5.80. The van der Waals surface area contributed by atoms with E-state index in [2.05, 4.69) is 20.4 Å². The quantitative estimate of drug-likeness (QED) is 0.654. The van der Waals surface area contributed by atoms with Crippen LogP contribution in [0, 0.1) is 11.6 Å². The van der Waals surface area contributed by atoms with Crippen molar-refractivity contribution in [3.63, 3.8) is 0 Å². The molecule has 1 unspecified atom stereocenters. The molecule has 9 heteroatoms. The van der Waals surface area contributed by atoms with Crippen molar-refractivity contribution in [2.75, 3.05) is 44.2 Å². The number of carbonyl (C=O) groups is 2. The molecule has 0 aliphatic carbocycles. The minimum Gasteiger partial charge on any atom is -0.463 e. The summed E-state index contributed by atoms with van der Waals surface area (Å²) < 4.78 is 31.9. The van der Waals surface area contributed by atoms with E-state index in [0.717, 1.165) is 18.8 Å². The Hall–Kier alpha value is -3.46. The number of benzene rings is 2. The Morgan fingerprint density at radius 3 is 2.21 bits per heavy atom. The molecule has 0 saturated carbocycles. The fourth-order valence-corrected chi connectivity index (χ4v) is 4.14. The van der Waals surface area contributed by atoms with Crippen molar-refractivity contribution in [1.29, 1.82) is 0 Å². The van der Waals surface area contributed by atoms with Gasteiger partial charge in [0.05, 0.1) is 18.2 Å². The predicted molar refractivity (Wildman–Crippen MR) is 120 cm³/mol. The zero-order valence-corrected chi connectivity index (χ0v) is 18.3. The first-order valence-electron chi connectivity index (χ1n) is 10.9. The Balaban J connectivity index is 1.54. The Bertz CT molecular complexity index is 1030. The van der Waals surface area contributed by atoms with Crippen LogP contribution < -0.4 is 15.5 Å². The van der Waals surface area contributed by atoms with Gasteiger partial charge in [0, 0.05) is 44.1 Å². The lowest BCUT2D eigenvalue weighted by molar-refractivity contribution is -0.139. The fraction of sp³-hybridized carbons (Fsp3) is 0.333. The molecule has 1 fully saturated rings. The number of esters is 1. The van der Waals surface area contributed by atoms with E-state index in [1.165, 1.54) is 24.3 Å². The largest absolute Gasteiger partial charge is 0.463 e. The highest BCUT2D eigenvalue weighted by Crippen LogP contribution is 2.29. The number of ether oxygens (including phenoxy) is 1. The molecule has 33 heavy (non-hydrogen) atoms. The number of carbonyl (C=O) groups excluding carboxylic acids is 2. The Labute approximate surface area is 191 Å². The van der Waals surface area contributed by atoms with E-state index in [4.69, 9.17) is 4.74 Å². The van der Waals surface area contributed by atoms with Crippen LogP contribution in [-0.2, 0) is 9.53 Å². The molecule has 2 aromatic rings. The highest BCUT2D eigenvalue weighted by molar-refractivity contribution is 5.95. The smallest absolute Gasteiger partial charge is 0.338 e. The summed E-state index contributed by atoms with van der Waals surface area (Å²) in [5.41, 5.74) is 2.33. The van der Waals surface area contributed by atoms with Gasteiger partial charge in [-0.1, -0.05) is 12.1 Å². The monoisotopic (exact) mass is 456 g/mol. The minimum absolute atomic E-state index is 0.191. The lowest BCUT2D eigenvalue weighted by atomic mass is 9.95. The molecule has 174 valence electrons. The standard InChI is InChI=1S/C24H26F2N4O3/c1-2-33-23(31)21-20(27-24(32)28-22(21)16-3-5-17(25)6-4-16)15-29-11-13-30(14-12-29)19-9-7-18(26)8-10-19/h3-10,22H,2,11-15H2,1H3,(H2,27,28,32). The van der Waals surface area contributed by atoms with Crippen LogP contribution in [0.5, 0.6) is 0 Å². The van der Waals surface area contributed by atoms with Gasteiger partial charge in [0.15, 0.2) is 0 Å². The Kier molecular flexibility index (Phi) is 6.88. The molecule has 2 amide bonds. The maximum absolute atomic E-state index is 13.4. The first kappa shape index (κ1) is 22.7. The first-order chi connectivity index (χ1) is 15.9. The molecule has 0 aromatic heterocycles. The molecule has 2 aliphatic rings. The van der Waals surface area contributed by atoms with Crippen molar-refractivity contribution < 1.29 is 23.1 Å². The topological polar surface area (TPSA) is 73.9 Å². The number of nitrogens with zero attached hydrogens (tertiary/aromatic N) is 2. The lowest BCUT2D eigenvalue weighted by Crippen LogP contribution is -2.51. The van der Waals surface area contributed by atoms with Gasteiger partial charge in [-0.05, 0) is 48.9 Å². The molecule has 2 N–H and O–H groups in total. The van der Waals surface area contributed by atoms with Crippen molar-refractivity contribution >= 4 is 17.7 Å². The normalized spacial score (nSPS) is 19.2. The second-order valence-electron chi connectivity index (χ2n) is 7.94. The number of rotatable bonds is 6. The van der Waals surface area contributed by atoms with Crippen LogP contribution >= 0.6 is 0 Å². The van der Waals surface area contributed by atoms with E-state index in [9.17, 15) is 18.4 Å². The van der Waals surface area contributed by atoms with Crippen molar-refractivity contribution in [2.24, 2.45) is 0 Å². The lowest BCUT2D eigenvalue weighted by Gasteiger charge is -2.38. The zero-order valence-electron chi connectivity index (χ0n) is 18.3. The van der Waals surface area contributed by atoms with E-state index >= 15 is 0 Å². The fourth-order valence-electron chi connectivity index (χ4n) is 4.14. The van der Waals surface area contributed by atoms with E-state index in [1.54, 1.807) is 31.2 Å². The highest BCUT2D eigenvalue weighted by atomic mass is 19.1. The maximum Gasteiger partial charge on any atom is 0.338 e. The Morgan fingerprint density at radius 1 is 1.00 bits per heavy atom. The van der Waals surface area contributed by atoms with Crippen LogP contribution in [0.4, 0.5) is 19.3 Å². The van der Waals surface area contributed by atoms with Crippen LogP contribution in [0.1, 0.15) is 18.5 Å². The van der Waals surface area contributed by atoms with Gasteiger partial charge in [-0.3, -0.25) is 4.90 Å². The van der Waals surface area contributed by atoms with Crippen molar-refractivity contribution in [2.45, 2.75) is 13.0 Å². The number of amides is 2. The summed E-state index contributed by atoms with van der Waals surface area (Å²) in [5, 5.41) is 5.52. The number of hydrogen-bond donors (Lipinski definition) is 2. The van der Waals surface area contributed by atoms with Crippen LogP contribution in [0.3, 0.4) is 0 Å². The van der Waals surface area contributed by atoms with Gasteiger partial charge in [0.1, 0.15) is 11.6 Å². The number of anilines is 1. The van der Waals surface area contributed by atoms with Crippen molar-refractivity contribution in [3.05, 3.63) is 77.0 Å². The van der Waals surface area contributed by atoms with Crippen LogP contribution in [0.15, 0.2) is 59.8 Å². The Morgan fingerprint density at radius 2 is 1.61 bits per heavy atom. The van der Waals surface area contributed by atoms with Gasteiger partial charge in [0.2, 0.25) is 0 Å². The summed E-state index contributed by atoms with van der Waals surface area (Å²) in [6, 6.07) is 10.9. The molecule has 1 saturated heterocycles.